The van der Waals surface area contributed by atoms with Gasteiger partial charge in [-0.05, 0) is 39.9 Å². The maximum Gasteiger partial charge on any atom is 0.170 e. The fraction of sp³-hybridized carbons (Fsp3) is 0.259. The lowest BCUT2D eigenvalue weighted by molar-refractivity contribution is 0.396. The van der Waals surface area contributed by atoms with Gasteiger partial charge < -0.3 is 4.57 Å². The van der Waals surface area contributed by atoms with Gasteiger partial charge in [-0.3, -0.25) is 0 Å². The first-order valence-corrected chi connectivity index (χ1v) is 12.9. The SMILES string of the molecule is Cn1c2c(c3ccccc31)-c1ccccc1[Si@]2(CCC(C)(C)C)c1ccccc1. The maximum absolute atomic E-state index is 2.52. The van der Waals surface area contributed by atoms with Crippen LogP contribution in [0.5, 0.6) is 0 Å². The van der Waals surface area contributed by atoms with Crippen LogP contribution in [0, 0.1) is 5.41 Å². The van der Waals surface area contributed by atoms with E-state index in [1.54, 1.807) is 15.7 Å². The fourth-order valence-electron chi connectivity index (χ4n) is 5.34. The third-order valence-corrected chi connectivity index (χ3v) is 11.8. The Morgan fingerprint density at radius 3 is 2.21 bits per heavy atom. The van der Waals surface area contributed by atoms with E-state index in [4.69, 9.17) is 0 Å². The normalized spacial score (nSPS) is 18.1. The molecule has 1 nitrogen and oxygen atoms in total. The summed E-state index contributed by atoms with van der Waals surface area (Å²) in [5.41, 5.74) is 4.62. The molecule has 3 aromatic carbocycles. The summed E-state index contributed by atoms with van der Waals surface area (Å²) >= 11 is 0. The molecular weight excluding hydrogens is 366 g/mol. The van der Waals surface area contributed by atoms with Gasteiger partial charge in [0.15, 0.2) is 8.07 Å². The first-order chi connectivity index (χ1) is 13.9. The molecule has 1 aliphatic heterocycles. The van der Waals surface area contributed by atoms with Gasteiger partial charge in [-0.1, -0.05) is 93.6 Å². The van der Waals surface area contributed by atoms with Gasteiger partial charge in [0.25, 0.3) is 0 Å². The van der Waals surface area contributed by atoms with E-state index in [0.29, 0.717) is 5.41 Å². The van der Waals surface area contributed by atoms with Crippen molar-refractivity contribution in [3.8, 4) is 11.1 Å². The zero-order valence-electron chi connectivity index (χ0n) is 17.9. The van der Waals surface area contributed by atoms with E-state index in [1.807, 2.05) is 0 Å². The molecule has 0 bridgehead atoms. The van der Waals surface area contributed by atoms with Crippen LogP contribution in [-0.2, 0) is 7.05 Å². The van der Waals surface area contributed by atoms with Gasteiger partial charge in [0.05, 0.1) is 0 Å². The number of rotatable bonds is 3. The Kier molecular flexibility index (Phi) is 4.11. The molecule has 0 spiro atoms. The van der Waals surface area contributed by atoms with Crippen molar-refractivity contribution in [2.24, 2.45) is 12.5 Å². The maximum atomic E-state index is 2.52. The van der Waals surface area contributed by atoms with Crippen molar-refractivity contribution < 1.29 is 0 Å². The van der Waals surface area contributed by atoms with Crippen LogP contribution < -0.4 is 15.7 Å². The highest BCUT2D eigenvalue weighted by Gasteiger charge is 2.50. The molecule has 0 N–H and O–H groups in total. The molecule has 1 aromatic heterocycles. The first kappa shape index (κ1) is 18.4. The van der Waals surface area contributed by atoms with Crippen LogP contribution in [0.4, 0.5) is 0 Å². The van der Waals surface area contributed by atoms with Crippen LogP contribution in [0.15, 0.2) is 78.9 Å². The lowest BCUT2D eigenvalue weighted by Gasteiger charge is -2.33. The second kappa shape index (κ2) is 6.46. The van der Waals surface area contributed by atoms with Crippen molar-refractivity contribution in [3.05, 3.63) is 78.9 Å². The van der Waals surface area contributed by atoms with Crippen molar-refractivity contribution in [3.63, 3.8) is 0 Å². The number of nitrogens with zero attached hydrogens (tertiary/aromatic N) is 1. The van der Waals surface area contributed by atoms with Crippen molar-refractivity contribution >= 4 is 34.7 Å². The first-order valence-electron chi connectivity index (χ1n) is 10.7. The number of hydrogen-bond donors (Lipinski definition) is 0. The molecule has 0 amide bonds. The van der Waals surface area contributed by atoms with Crippen LogP contribution in [0.2, 0.25) is 6.04 Å². The molecule has 0 saturated carbocycles. The molecule has 0 radical (unpaired) electrons. The van der Waals surface area contributed by atoms with Crippen LogP contribution in [0.3, 0.4) is 0 Å². The Bertz CT molecular complexity index is 1200. The van der Waals surface area contributed by atoms with Gasteiger partial charge in [-0.25, -0.2) is 0 Å². The van der Waals surface area contributed by atoms with E-state index in [1.165, 1.54) is 34.5 Å². The minimum Gasteiger partial charge on any atom is -0.350 e. The van der Waals surface area contributed by atoms with Crippen molar-refractivity contribution in [1.82, 2.24) is 4.57 Å². The summed E-state index contributed by atoms with van der Waals surface area (Å²) in [5, 5.41) is 6.14. The second-order valence-electron chi connectivity index (χ2n) is 9.68. The summed E-state index contributed by atoms with van der Waals surface area (Å²) in [6.45, 7) is 7.13. The molecule has 0 aliphatic carbocycles. The van der Waals surface area contributed by atoms with E-state index in [9.17, 15) is 0 Å². The number of aromatic nitrogens is 1. The molecule has 0 fully saturated rings. The van der Waals surface area contributed by atoms with E-state index in [0.717, 1.165) is 0 Å². The molecule has 5 rings (SSSR count). The minimum atomic E-state index is -2.12. The van der Waals surface area contributed by atoms with Gasteiger partial charge in [-0.15, -0.1) is 0 Å². The summed E-state index contributed by atoms with van der Waals surface area (Å²) < 4.78 is 2.52. The Morgan fingerprint density at radius 2 is 1.45 bits per heavy atom. The van der Waals surface area contributed by atoms with Crippen LogP contribution >= 0.6 is 0 Å². The molecule has 4 aromatic rings. The molecule has 2 heteroatoms. The monoisotopic (exact) mass is 395 g/mol. The summed E-state index contributed by atoms with van der Waals surface area (Å²) in [4.78, 5) is 0. The van der Waals surface area contributed by atoms with E-state index >= 15 is 0 Å². The molecular formula is C27H29NSi. The van der Waals surface area contributed by atoms with Gasteiger partial charge >= 0.3 is 0 Å². The van der Waals surface area contributed by atoms with Gasteiger partial charge in [0.2, 0.25) is 0 Å². The summed E-state index contributed by atoms with van der Waals surface area (Å²) in [6, 6.07) is 30.8. The minimum absolute atomic E-state index is 0.317. The second-order valence-corrected chi connectivity index (χ2v) is 13.6. The number of hydrogen-bond acceptors (Lipinski definition) is 0. The van der Waals surface area contributed by atoms with E-state index in [2.05, 4.69) is 111 Å². The Hall–Kier alpha value is -2.58. The number of fused-ring (bicyclic) bond motifs is 5. The number of para-hydroxylation sites is 1. The average molecular weight is 396 g/mol. The average Bonchev–Trinajstić information content (AvgIpc) is 3.19. The zero-order valence-corrected chi connectivity index (χ0v) is 18.9. The third kappa shape index (κ3) is 2.66. The zero-order chi connectivity index (χ0) is 20.2. The van der Waals surface area contributed by atoms with E-state index < -0.39 is 8.07 Å². The van der Waals surface area contributed by atoms with E-state index in [-0.39, 0.29) is 0 Å². The van der Waals surface area contributed by atoms with Crippen molar-refractivity contribution in [2.75, 3.05) is 0 Å². The fourth-order valence-corrected chi connectivity index (χ4v) is 11.3. The largest absolute Gasteiger partial charge is 0.350 e. The lowest BCUT2D eigenvalue weighted by Crippen LogP contribution is -2.66. The molecule has 0 saturated heterocycles. The Balaban J connectivity index is 1.91. The van der Waals surface area contributed by atoms with Crippen LogP contribution in [0.1, 0.15) is 27.2 Å². The van der Waals surface area contributed by atoms with Crippen molar-refractivity contribution in [1.29, 1.82) is 0 Å². The predicted molar refractivity (Wildman–Crippen MR) is 128 cm³/mol. The molecule has 1 aliphatic rings. The smallest absolute Gasteiger partial charge is 0.170 e. The summed E-state index contributed by atoms with van der Waals surface area (Å²) in [5.74, 6) is 0. The number of aryl methyl sites for hydroxylation is 1. The third-order valence-electron chi connectivity index (χ3n) is 6.68. The molecule has 146 valence electrons. The highest BCUT2D eigenvalue weighted by molar-refractivity contribution is 7.14. The summed E-state index contributed by atoms with van der Waals surface area (Å²) in [7, 11) is 0.162. The van der Waals surface area contributed by atoms with Crippen molar-refractivity contribution in [2.45, 2.75) is 33.2 Å². The lowest BCUT2D eigenvalue weighted by atomic mass is 9.94. The Labute approximate surface area is 175 Å². The topological polar surface area (TPSA) is 4.93 Å². The van der Waals surface area contributed by atoms with Gasteiger partial charge in [0.1, 0.15) is 0 Å². The predicted octanol–water partition coefficient (Wildman–Crippen LogP) is 5.07. The Morgan fingerprint density at radius 1 is 0.793 bits per heavy atom. The van der Waals surface area contributed by atoms with Crippen LogP contribution in [0.25, 0.3) is 22.0 Å². The van der Waals surface area contributed by atoms with Gasteiger partial charge in [0, 0.05) is 28.8 Å². The highest BCUT2D eigenvalue weighted by atomic mass is 28.3. The highest BCUT2D eigenvalue weighted by Crippen LogP contribution is 2.38. The summed E-state index contributed by atoms with van der Waals surface area (Å²) in [6.07, 6.45) is 1.23. The quantitative estimate of drug-likeness (QED) is 0.427. The molecule has 1 atom stereocenters. The molecule has 2 heterocycles. The van der Waals surface area contributed by atoms with Gasteiger partial charge in [-0.2, -0.15) is 0 Å². The molecule has 0 unspecified atom stereocenters. The number of benzene rings is 3. The standard InChI is InChI=1S/C27H29NSi/c1-27(2,3)18-19-29(20-12-6-5-7-13-20)24-17-11-9-15-22(24)25-21-14-8-10-16-23(21)28(4)26(25)29/h5-17H,18-19H2,1-4H3/t29-/m0/s1. The molecule has 29 heavy (non-hydrogen) atoms. The van der Waals surface area contributed by atoms with Crippen LogP contribution in [-0.4, -0.2) is 12.6 Å².